The van der Waals surface area contributed by atoms with Crippen LogP contribution in [0.4, 0.5) is 0 Å². The van der Waals surface area contributed by atoms with E-state index in [1.54, 1.807) is 4.90 Å². The molecule has 0 spiro atoms. The third kappa shape index (κ3) is 3.22. The van der Waals surface area contributed by atoms with Crippen LogP contribution in [-0.2, 0) is 4.79 Å². The number of carbonyl (C=O) groups excluding carboxylic acids is 1. The molecular weight excluding hydrogens is 186 g/mol. The molecule has 0 bridgehead atoms. The topological polar surface area (TPSA) is 20.3 Å². The summed E-state index contributed by atoms with van der Waals surface area (Å²) in [5.41, 5.74) is 2.70. The zero-order valence-corrected chi connectivity index (χ0v) is 10.2. The lowest BCUT2D eigenvalue weighted by atomic mass is 9.91. The molecule has 1 aliphatic rings. The van der Waals surface area contributed by atoms with Crippen molar-refractivity contribution in [1.29, 1.82) is 0 Å². The molecule has 0 radical (unpaired) electrons. The maximum atomic E-state index is 11.7. The Labute approximate surface area is 92.7 Å². The average molecular weight is 207 g/mol. The summed E-state index contributed by atoms with van der Waals surface area (Å²) < 4.78 is 0. The van der Waals surface area contributed by atoms with Gasteiger partial charge in [0.05, 0.1) is 0 Å². The summed E-state index contributed by atoms with van der Waals surface area (Å²) in [4.78, 5) is 13.4. The molecule has 84 valence electrons. The predicted molar refractivity (Wildman–Crippen MR) is 63.5 cm³/mol. The molecule has 1 amide bonds. The Bertz CT molecular complexity index is 300. The van der Waals surface area contributed by atoms with Gasteiger partial charge in [-0.15, -0.1) is 0 Å². The lowest BCUT2D eigenvalue weighted by molar-refractivity contribution is -0.132. The number of hydrogen-bond donors (Lipinski definition) is 0. The molecule has 15 heavy (non-hydrogen) atoms. The normalized spacial score (nSPS) is 17.9. The van der Waals surface area contributed by atoms with Crippen LogP contribution in [-0.4, -0.2) is 24.9 Å². The Hall–Kier alpha value is -1.05. The molecule has 0 saturated heterocycles. The zero-order chi connectivity index (χ0) is 11.4. The Morgan fingerprint density at radius 1 is 1.40 bits per heavy atom. The van der Waals surface area contributed by atoms with Crippen molar-refractivity contribution in [3.8, 4) is 0 Å². The summed E-state index contributed by atoms with van der Waals surface area (Å²) in [6, 6.07) is 0. The molecule has 2 heteroatoms. The van der Waals surface area contributed by atoms with Gasteiger partial charge in [-0.1, -0.05) is 24.6 Å². The Balaban J connectivity index is 2.58. The summed E-state index contributed by atoms with van der Waals surface area (Å²) in [7, 11) is 3.63. The molecule has 0 aromatic heterocycles. The predicted octanol–water partition coefficient (Wildman–Crippen LogP) is 2.77. The van der Waals surface area contributed by atoms with Gasteiger partial charge in [-0.2, -0.15) is 0 Å². The van der Waals surface area contributed by atoms with Crippen molar-refractivity contribution in [2.75, 3.05) is 14.1 Å². The molecule has 0 N–H and O–H groups in total. The summed E-state index contributed by atoms with van der Waals surface area (Å²) in [5.74, 6) is 0.307. The van der Waals surface area contributed by atoms with E-state index < -0.39 is 0 Å². The van der Waals surface area contributed by atoms with Gasteiger partial charge in [0.25, 0.3) is 0 Å². The van der Waals surface area contributed by atoms with Crippen LogP contribution < -0.4 is 0 Å². The molecule has 1 rings (SSSR count). The molecule has 0 saturated carbocycles. The first kappa shape index (κ1) is 12.0. The summed E-state index contributed by atoms with van der Waals surface area (Å²) in [6.45, 7) is 4.14. The van der Waals surface area contributed by atoms with E-state index in [-0.39, 0.29) is 11.8 Å². The summed E-state index contributed by atoms with van der Waals surface area (Å²) in [6.07, 6.45) is 7.68. The third-order valence-corrected chi connectivity index (χ3v) is 2.90. The van der Waals surface area contributed by atoms with E-state index in [9.17, 15) is 4.79 Å². The highest BCUT2D eigenvalue weighted by Crippen LogP contribution is 2.24. The largest absolute Gasteiger partial charge is 0.349 e. The lowest BCUT2D eigenvalue weighted by Crippen LogP contribution is -2.28. The van der Waals surface area contributed by atoms with Gasteiger partial charge >= 0.3 is 0 Å². The van der Waals surface area contributed by atoms with Crippen molar-refractivity contribution in [3.63, 3.8) is 0 Å². The van der Waals surface area contributed by atoms with Crippen LogP contribution in [0.25, 0.3) is 0 Å². The van der Waals surface area contributed by atoms with E-state index in [2.05, 4.69) is 19.1 Å². The van der Waals surface area contributed by atoms with E-state index in [1.165, 1.54) is 11.1 Å². The molecule has 0 aliphatic heterocycles. The number of rotatable bonds is 3. The number of nitrogens with zero attached hydrogens (tertiary/aromatic N) is 1. The molecule has 1 unspecified atom stereocenters. The van der Waals surface area contributed by atoms with Crippen molar-refractivity contribution in [1.82, 2.24) is 4.90 Å². The number of amides is 1. The number of carbonyl (C=O) groups is 1. The molecule has 1 aliphatic carbocycles. The van der Waals surface area contributed by atoms with Gasteiger partial charge in [-0.25, -0.2) is 0 Å². The summed E-state index contributed by atoms with van der Waals surface area (Å²) >= 11 is 0. The SMILES string of the molecule is CC1=CCCC=C1CC(C)C(=O)N(C)C. The quantitative estimate of drug-likeness (QED) is 0.697. The minimum Gasteiger partial charge on any atom is -0.349 e. The van der Waals surface area contributed by atoms with Gasteiger partial charge < -0.3 is 4.90 Å². The van der Waals surface area contributed by atoms with Crippen LogP contribution in [0.15, 0.2) is 23.3 Å². The monoisotopic (exact) mass is 207 g/mol. The fourth-order valence-electron chi connectivity index (χ4n) is 1.95. The van der Waals surface area contributed by atoms with Gasteiger partial charge in [0.1, 0.15) is 0 Å². The number of hydrogen-bond acceptors (Lipinski definition) is 1. The molecule has 1 atom stereocenters. The molecule has 0 aromatic rings. The zero-order valence-electron chi connectivity index (χ0n) is 10.2. The molecular formula is C13H21NO. The van der Waals surface area contributed by atoms with Gasteiger partial charge in [-0.05, 0) is 31.8 Å². The maximum Gasteiger partial charge on any atom is 0.225 e. The van der Waals surface area contributed by atoms with Crippen LogP contribution in [0, 0.1) is 5.92 Å². The van der Waals surface area contributed by atoms with Crippen molar-refractivity contribution in [3.05, 3.63) is 23.3 Å². The highest BCUT2D eigenvalue weighted by molar-refractivity contribution is 5.78. The van der Waals surface area contributed by atoms with Crippen molar-refractivity contribution < 1.29 is 4.79 Å². The first-order valence-electron chi connectivity index (χ1n) is 5.59. The Morgan fingerprint density at radius 3 is 2.53 bits per heavy atom. The second-order valence-electron chi connectivity index (χ2n) is 4.53. The van der Waals surface area contributed by atoms with E-state index in [0.29, 0.717) is 0 Å². The summed E-state index contributed by atoms with van der Waals surface area (Å²) in [5, 5.41) is 0. The third-order valence-electron chi connectivity index (χ3n) is 2.90. The van der Waals surface area contributed by atoms with E-state index in [0.717, 1.165) is 19.3 Å². The first-order chi connectivity index (χ1) is 7.02. The van der Waals surface area contributed by atoms with Crippen LogP contribution in [0.5, 0.6) is 0 Å². The molecule has 0 heterocycles. The smallest absolute Gasteiger partial charge is 0.225 e. The standard InChI is InChI=1S/C13H21NO/c1-10-7-5-6-8-12(10)9-11(2)13(15)14(3)4/h7-8,11H,5-6,9H2,1-4H3. The van der Waals surface area contributed by atoms with Crippen LogP contribution in [0.1, 0.15) is 33.1 Å². The minimum atomic E-state index is 0.0905. The van der Waals surface area contributed by atoms with Gasteiger partial charge in [0.2, 0.25) is 5.91 Å². The van der Waals surface area contributed by atoms with Crippen molar-refractivity contribution in [2.45, 2.75) is 33.1 Å². The minimum absolute atomic E-state index is 0.0905. The second-order valence-corrected chi connectivity index (χ2v) is 4.53. The van der Waals surface area contributed by atoms with Gasteiger partial charge in [-0.3, -0.25) is 4.79 Å². The Morgan fingerprint density at radius 2 is 2.00 bits per heavy atom. The highest BCUT2D eigenvalue weighted by atomic mass is 16.2. The first-order valence-corrected chi connectivity index (χ1v) is 5.59. The lowest BCUT2D eigenvalue weighted by Gasteiger charge is -2.20. The highest BCUT2D eigenvalue weighted by Gasteiger charge is 2.17. The van der Waals surface area contributed by atoms with Crippen LogP contribution in [0.2, 0.25) is 0 Å². The van der Waals surface area contributed by atoms with Crippen LogP contribution >= 0.6 is 0 Å². The molecule has 0 fully saturated rings. The van der Waals surface area contributed by atoms with E-state index >= 15 is 0 Å². The number of allylic oxidation sites excluding steroid dienone is 4. The molecule has 2 nitrogen and oxygen atoms in total. The van der Waals surface area contributed by atoms with Gasteiger partial charge in [0.15, 0.2) is 0 Å². The van der Waals surface area contributed by atoms with Crippen LogP contribution in [0.3, 0.4) is 0 Å². The van der Waals surface area contributed by atoms with E-state index in [4.69, 9.17) is 0 Å². The van der Waals surface area contributed by atoms with E-state index in [1.807, 2.05) is 21.0 Å². The maximum absolute atomic E-state index is 11.7. The fraction of sp³-hybridized carbons (Fsp3) is 0.615. The fourth-order valence-corrected chi connectivity index (χ4v) is 1.95. The second kappa shape index (κ2) is 5.15. The van der Waals surface area contributed by atoms with Crippen molar-refractivity contribution in [2.24, 2.45) is 5.92 Å². The Kier molecular flexibility index (Phi) is 4.13. The average Bonchev–Trinajstić information content (AvgIpc) is 2.20. The van der Waals surface area contributed by atoms with Crippen molar-refractivity contribution >= 4 is 5.91 Å². The molecule has 0 aromatic carbocycles. The van der Waals surface area contributed by atoms with Gasteiger partial charge in [0, 0.05) is 20.0 Å².